The highest BCUT2D eigenvalue weighted by Gasteiger charge is 2.32. The average Bonchev–Trinajstić information content (AvgIpc) is 3.16. The first kappa shape index (κ1) is 15.2. The van der Waals surface area contributed by atoms with Crippen molar-refractivity contribution in [1.82, 2.24) is 15.0 Å². The van der Waals surface area contributed by atoms with E-state index in [1.807, 2.05) is 18.2 Å². The Morgan fingerprint density at radius 1 is 1.33 bits per heavy atom. The van der Waals surface area contributed by atoms with Crippen LogP contribution in [0.1, 0.15) is 53.9 Å². The number of hydrogen-bond donors (Lipinski definition) is 0. The topological polar surface area (TPSA) is 75.2 Å². The van der Waals surface area contributed by atoms with E-state index in [-0.39, 0.29) is 0 Å². The smallest absolute Gasteiger partial charge is 0.231 e. The molecule has 0 N–H and O–H groups in total. The highest BCUT2D eigenvalue weighted by Crippen LogP contribution is 2.39. The minimum atomic E-state index is 0.324. The molecule has 0 radical (unpaired) electrons. The monoisotopic (exact) mass is 324 g/mol. The van der Waals surface area contributed by atoms with E-state index >= 15 is 0 Å². The van der Waals surface area contributed by atoms with E-state index in [0.29, 0.717) is 23.1 Å². The predicted octanol–water partition coefficient (Wildman–Crippen LogP) is 2.82. The second-order valence-electron chi connectivity index (χ2n) is 6.63. The molecule has 2 aromatic rings. The van der Waals surface area contributed by atoms with E-state index in [0.717, 1.165) is 43.3 Å². The van der Waals surface area contributed by atoms with Gasteiger partial charge in [0.1, 0.15) is 11.8 Å². The van der Waals surface area contributed by atoms with Crippen LogP contribution in [0.25, 0.3) is 0 Å². The molecule has 124 valence electrons. The van der Waals surface area contributed by atoms with Gasteiger partial charge >= 0.3 is 0 Å². The molecule has 0 unspecified atom stereocenters. The maximum atomic E-state index is 9.07. The van der Waals surface area contributed by atoms with E-state index < -0.39 is 0 Å². The molecule has 1 aromatic heterocycles. The molecule has 2 aliphatic rings. The van der Waals surface area contributed by atoms with Gasteiger partial charge in [-0.05, 0) is 43.5 Å². The Hall–Kier alpha value is -2.39. The van der Waals surface area contributed by atoms with Crippen LogP contribution >= 0.6 is 0 Å². The lowest BCUT2D eigenvalue weighted by molar-refractivity contribution is 0.308. The number of likely N-dealkylation sites (tertiary alicyclic amines) is 1. The van der Waals surface area contributed by atoms with Crippen LogP contribution in [0.4, 0.5) is 0 Å². The van der Waals surface area contributed by atoms with Crippen molar-refractivity contribution in [2.24, 2.45) is 0 Å². The van der Waals surface area contributed by atoms with Crippen LogP contribution in [0, 0.1) is 11.3 Å². The molecule has 4 rings (SSSR count). The van der Waals surface area contributed by atoms with Gasteiger partial charge in [-0.25, -0.2) is 0 Å². The summed E-state index contributed by atoms with van der Waals surface area (Å²) in [6.45, 7) is 2.77. The second kappa shape index (κ2) is 6.25. The Bertz CT molecular complexity index is 776. The van der Waals surface area contributed by atoms with Crippen LogP contribution in [0.3, 0.4) is 0 Å². The van der Waals surface area contributed by atoms with Gasteiger partial charge in [-0.3, -0.25) is 4.90 Å². The van der Waals surface area contributed by atoms with Crippen molar-refractivity contribution < 1.29 is 9.26 Å². The Labute approximate surface area is 141 Å². The third-order valence-electron chi connectivity index (χ3n) is 4.81. The lowest BCUT2D eigenvalue weighted by Gasteiger charge is -2.16. The van der Waals surface area contributed by atoms with Gasteiger partial charge in [0.2, 0.25) is 5.89 Å². The molecule has 1 aliphatic carbocycles. The van der Waals surface area contributed by atoms with Crippen LogP contribution < -0.4 is 4.74 Å². The van der Waals surface area contributed by atoms with E-state index in [1.54, 1.807) is 7.11 Å². The third kappa shape index (κ3) is 3.00. The minimum absolute atomic E-state index is 0.324. The Balaban J connectivity index is 1.40. The number of methoxy groups -OCH3 is 1. The summed E-state index contributed by atoms with van der Waals surface area (Å²) in [6, 6.07) is 7.91. The fraction of sp³-hybridized carbons (Fsp3) is 0.500. The zero-order chi connectivity index (χ0) is 16.5. The molecular formula is C18H20N4O2. The van der Waals surface area contributed by atoms with Crippen molar-refractivity contribution in [1.29, 1.82) is 5.26 Å². The highest BCUT2D eigenvalue weighted by molar-refractivity contribution is 5.45. The quantitative estimate of drug-likeness (QED) is 0.842. The van der Waals surface area contributed by atoms with Crippen molar-refractivity contribution in [3.8, 4) is 11.8 Å². The molecule has 1 saturated carbocycles. The molecule has 6 heteroatoms. The zero-order valence-corrected chi connectivity index (χ0v) is 13.7. The highest BCUT2D eigenvalue weighted by atomic mass is 16.5. The maximum Gasteiger partial charge on any atom is 0.231 e. The summed E-state index contributed by atoms with van der Waals surface area (Å²) in [4.78, 5) is 6.97. The van der Waals surface area contributed by atoms with Crippen molar-refractivity contribution in [2.45, 2.75) is 37.6 Å². The van der Waals surface area contributed by atoms with Crippen LogP contribution in [0.5, 0.6) is 5.75 Å². The Morgan fingerprint density at radius 2 is 2.21 bits per heavy atom. The summed E-state index contributed by atoms with van der Waals surface area (Å²) in [5.74, 6) is 3.17. The molecule has 24 heavy (non-hydrogen) atoms. The summed E-state index contributed by atoms with van der Waals surface area (Å²) in [5.41, 5.74) is 1.72. The van der Waals surface area contributed by atoms with Gasteiger partial charge < -0.3 is 9.26 Å². The molecule has 0 bridgehead atoms. The Kier molecular flexibility index (Phi) is 3.95. The first-order chi connectivity index (χ1) is 11.8. The molecule has 1 saturated heterocycles. The van der Waals surface area contributed by atoms with Gasteiger partial charge in [-0.1, -0.05) is 11.2 Å². The molecule has 0 spiro atoms. The third-order valence-corrected chi connectivity index (χ3v) is 4.81. The minimum Gasteiger partial charge on any atom is -0.495 e. The van der Waals surface area contributed by atoms with Crippen molar-refractivity contribution in [3.63, 3.8) is 0 Å². The van der Waals surface area contributed by atoms with Gasteiger partial charge in [-0.2, -0.15) is 10.2 Å². The largest absolute Gasteiger partial charge is 0.495 e. The van der Waals surface area contributed by atoms with Crippen molar-refractivity contribution >= 4 is 0 Å². The molecule has 1 aromatic carbocycles. The molecule has 2 heterocycles. The SMILES string of the molecule is COc1cc(CN2CC[C@@H](c3nc(C4CC4)no3)C2)ccc1C#N. The number of nitrogens with zero attached hydrogens (tertiary/aromatic N) is 4. The van der Waals surface area contributed by atoms with Crippen molar-refractivity contribution in [2.75, 3.05) is 20.2 Å². The van der Waals surface area contributed by atoms with Gasteiger partial charge in [0, 0.05) is 19.0 Å². The fourth-order valence-electron chi connectivity index (χ4n) is 3.28. The summed E-state index contributed by atoms with van der Waals surface area (Å²) in [6.07, 6.45) is 3.42. The summed E-state index contributed by atoms with van der Waals surface area (Å²) in [5, 5.41) is 13.2. The first-order valence-corrected chi connectivity index (χ1v) is 8.39. The normalized spacial score (nSPS) is 20.9. The van der Waals surface area contributed by atoms with Gasteiger partial charge in [0.05, 0.1) is 18.6 Å². The number of hydrogen-bond acceptors (Lipinski definition) is 6. The van der Waals surface area contributed by atoms with Crippen LogP contribution in [0.2, 0.25) is 0 Å². The number of aromatic nitrogens is 2. The van der Waals surface area contributed by atoms with Gasteiger partial charge in [-0.15, -0.1) is 0 Å². The molecule has 1 aliphatic heterocycles. The van der Waals surface area contributed by atoms with Gasteiger partial charge in [0.15, 0.2) is 5.82 Å². The van der Waals surface area contributed by atoms with E-state index in [9.17, 15) is 0 Å². The number of rotatable bonds is 5. The molecule has 2 fully saturated rings. The van der Waals surface area contributed by atoms with Crippen LogP contribution in [0.15, 0.2) is 22.7 Å². The number of benzene rings is 1. The van der Waals surface area contributed by atoms with Crippen LogP contribution in [-0.4, -0.2) is 35.2 Å². The number of ether oxygens (including phenoxy) is 1. The maximum absolute atomic E-state index is 9.07. The van der Waals surface area contributed by atoms with E-state index in [1.165, 1.54) is 12.8 Å². The summed E-state index contributed by atoms with van der Waals surface area (Å²) < 4.78 is 10.8. The average molecular weight is 324 g/mol. The van der Waals surface area contributed by atoms with Gasteiger partial charge in [0.25, 0.3) is 0 Å². The zero-order valence-electron chi connectivity index (χ0n) is 13.7. The summed E-state index contributed by atoms with van der Waals surface area (Å²) in [7, 11) is 1.60. The lowest BCUT2D eigenvalue weighted by Crippen LogP contribution is -2.19. The standard InChI is InChI=1S/C18H20N4O2/c1-23-16-8-12(2-3-14(16)9-19)10-22-7-6-15(11-22)18-20-17(21-24-18)13-4-5-13/h2-3,8,13,15H,4-7,10-11H2,1H3/t15-/m1/s1. The Morgan fingerprint density at radius 3 is 2.96 bits per heavy atom. The fourth-order valence-corrected chi connectivity index (χ4v) is 3.28. The first-order valence-electron chi connectivity index (χ1n) is 8.39. The molecular weight excluding hydrogens is 304 g/mol. The molecule has 1 atom stereocenters. The van der Waals surface area contributed by atoms with E-state index in [2.05, 4.69) is 21.1 Å². The van der Waals surface area contributed by atoms with Crippen molar-refractivity contribution in [3.05, 3.63) is 41.0 Å². The predicted molar refractivity (Wildman–Crippen MR) is 86.6 cm³/mol. The molecule has 0 amide bonds. The summed E-state index contributed by atoms with van der Waals surface area (Å²) >= 11 is 0. The van der Waals surface area contributed by atoms with Crippen LogP contribution in [-0.2, 0) is 6.54 Å². The lowest BCUT2D eigenvalue weighted by atomic mass is 10.1. The number of nitriles is 1. The van der Waals surface area contributed by atoms with E-state index in [4.69, 9.17) is 14.5 Å². The second-order valence-corrected chi connectivity index (χ2v) is 6.63. The molecule has 6 nitrogen and oxygen atoms in total.